The number of methoxy groups -OCH3 is 1. The Morgan fingerprint density at radius 2 is 1.50 bits per heavy atom. The van der Waals surface area contributed by atoms with Crippen LogP contribution in [0.1, 0.15) is 10.4 Å². The number of carbonyl (C=O) groups is 1. The predicted octanol–water partition coefficient (Wildman–Crippen LogP) is 1.38. The van der Waals surface area contributed by atoms with Gasteiger partial charge in [-0.1, -0.05) is 0 Å². The van der Waals surface area contributed by atoms with Crippen LogP contribution in [0.5, 0.6) is 5.75 Å². The molecular weight excluding hydrogens is 435 g/mol. The first-order valence-electron chi connectivity index (χ1n) is 8.97. The maximum absolute atomic E-state index is 13.9. The molecule has 0 aromatic heterocycles. The highest BCUT2D eigenvalue weighted by atomic mass is 32.2. The van der Waals surface area contributed by atoms with Gasteiger partial charge in [0, 0.05) is 38.0 Å². The standard InChI is InChI=1S/C19H21FN2O6S2/c1-28-18-8-3-14(13-17(18)20)19(23)21-9-11-22(12-10-21)30(26,27)16-6-4-15(5-7-16)29(2,24)25/h3-8,13H,9-12H2,1-2H3. The Labute approximate surface area is 174 Å². The summed E-state index contributed by atoms with van der Waals surface area (Å²) in [6.07, 6.45) is 1.04. The largest absolute Gasteiger partial charge is 0.494 e. The summed E-state index contributed by atoms with van der Waals surface area (Å²) in [5, 5.41) is 0. The second-order valence-electron chi connectivity index (χ2n) is 6.79. The van der Waals surface area contributed by atoms with Gasteiger partial charge in [-0.25, -0.2) is 21.2 Å². The molecule has 3 rings (SSSR count). The van der Waals surface area contributed by atoms with E-state index in [1.807, 2.05) is 0 Å². The summed E-state index contributed by atoms with van der Waals surface area (Å²) < 4.78 is 68.7. The van der Waals surface area contributed by atoms with E-state index in [4.69, 9.17) is 4.74 Å². The summed E-state index contributed by atoms with van der Waals surface area (Å²) in [6.45, 7) is 0.432. The van der Waals surface area contributed by atoms with E-state index in [1.54, 1.807) is 0 Å². The van der Waals surface area contributed by atoms with E-state index in [9.17, 15) is 26.0 Å². The van der Waals surface area contributed by atoms with Crippen molar-refractivity contribution in [3.63, 3.8) is 0 Å². The van der Waals surface area contributed by atoms with E-state index in [0.29, 0.717) is 0 Å². The lowest BCUT2D eigenvalue weighted by Gasteiger charge is -2.34. The number of benzene rings is 2. The van der Waals surface area contributed by atoms with Crippen LogP contribution in [-0.2, 0) is 19.9 Å². The lowest BCUT2D eigenvalue weighted by molar-refractivity contribution is 0.0697. The third kappa shape index (κ3) is 4.47. The molecule has 162 valence electrons. The first-order chi connectivity index (χ1) is 14.0. The van der Waals surface area contributed by atoms with Gasteiger partial charge in [0.05, 0.1) is 16.9 Å². The molecule has 1 fully saturated rings. The molecule has 0 aliphatic carbocycles. The number of sulfonamides is 1. The maximum atomic E-state index is 13.9. The summed E-state index contributed by atoms with van der Waals surface area (Å²) in [7, 11) is -5.93. The summed E-state index contributed by atoms with van der Waals surface area (Å²) >= 11 is 0. The minimum atomic E-state index is -3.83. The van der Waals surface area contributed by atoms with Crippen LogP contribution in [0.2, 0.25) is 0 Å². The van der Waals surface area contributed by atoms with Crippen LogP contribution in [0.15, 0.2) is 52.3 Å². The molecule has 0 saturated carbocycles. The van der Waals surface area contributed by atoms with Crippen molar-refractivity contribution in [3.05, 3.63) is 53.8 Å². The molecule has 0 spiro atoms. The highest BCUT2D eigenvalue weighted by Crippen LogP contribution is 2.22. The number of amides is 1. The molecule has 1 aliphatic heterocycles. The Balaban J connectivity index is 1.70. The number of sulfone groups is 1. The van der Waals surface area contributed by atoms with Crippen LogP contribution in [-0.4, -0.2) is 71.5 Å². The normalized spacial score (nSPS) is 15.8. The van der Waals surface area contributed by atoms with Crippen LogP contribution in [0.3, 0.4) is 0 Å². The number of ether oxygens (including phenoxy) is 1. The third-order valence-corrected chi connectivity index (χ3v) is 7.86. The monoisotopic (exact) mass is 456 g/mol. The van der Waals surface area contributed by atoms with E-state index in [2.05, 4.69) is 0 Å². The molecule has 11 heteroatoms. The molecule has 0 N–H and O–H groups in total. The molecule has 1 heterocycles. The van der Waals surface area contributed by atoms with Crippen molar-refractivity contribution in [2.75, 3.05) is 39.5 Å². The fourth-order valence-electron chi connectivity index (χ4n) is 3.12. The second-order valence-corrected chi connectivity index (χ2v) is 10.7. The SMILES string of the molecule is COc1ccc(C(=O)N2CCN(S(=O)(=O)c3ccc(S(C)(=O)=O)cc3)CC2)cc1F. The fourth-order valence-corrected chi connectivity index (χ4v) is 5.17. The average molecular weight is 457 g/mol. The van der Waals surface area contributed by atoms with Crippen molar-refractivity contribution < 1.29 is 30.8 Å². The summed E-state index contributed by atoms with van der Waals surface area (Å²) in [4.78, 5) is 14.1. The molecular formula is C19H21FN2O6S2. The van der Waals surface area contributed by atoms with Crippen LogP contribution in [0.25, 0.3) is 0 Å². The molecule has 30 heavy (non-hydrogen) atoms. The van der Waals surface area contributed by atoms with Gasteiger partial charge >= 0.3 is 0 Å². The molecule has 0 bridgehead atoms. The summed E-state index contributed by atoms with van der Waals surface area (Å²) in [5.41, 5.74) is 0.154. The van der Waals surface area contributed by atoms with Gasteiger partial charge in [0.2, 0.25) is 10.0 Å². The molecule has 1 saturated heterocycles. The molecule has 0 radical (unpaired) electrons. The number of nitrogens with zero attached hydrogens (tertiary/aromatic N) is 2. The van der Waals surface area contributed by atoms with Crippen molar-refractivity contribution >= 4 is 25.8 Å². The number of rotatable bonds is 5. The summed E-state index contributed by atoms with van der Waals surface area (Å²) in [5.74, 6) is -1.02. The van der Waals surface area contributed by atoms with Gasteiger partial charge in [-0.2, -0.15) is 4.31 Å². The Bertz CT molecular complexity index is 1160. The number of hydrogen-bond acceptors (Lipinski definition) is 6. The highest BCUT2D eigenvalue weighted by Gasteiger charge is 2.30. The van der Waals surface area contributed by atoms with Crippen molar-refractivity contribution in [2.45, 2.75) is 9.79 Å². The zero-order valence-corrected chi connectivity index (χ0v) is 18.0. The number of piperazine rings is 1. The van der Waals surface area contributed by atoms with E-state index in [-0.39, 0.29) is 47.3 Å². The molecule has 1 aliphatic rings. The number of carbonyl (C=O) groups excluding carboxylic acids is 1. The van der Waals surface area contributed by atoms with Gasteiger partial charge in [0.15, 0.2) is 21.4 Å². The number of halogens is 1. The zero-order valence-electron chi connectivity index (χ0n) is 16.4. The van der Waals surface area contributed by atoms with Gasteiger partial charge in [0.25, 0.3) is 5.91 Å². The predicted molar refractivity (Wildman–Crippen MR) is 107 cm³/mol. The molecule has 2 aromatic rings. The Morgan fingerprint density at radius 1 is 0.933 bits per heavy atom. The smallest absolute Gasteiger partial charge is 0.254 e. The van der Waals surface area contributed by atoms with Gasteiger partial charge in [-0.3, -0.25) is 4.79 Å². The second kappa shape index (κ2) is 8.32. The Kier molecular flexibility index (Phi) is 6.16. The van der Waals surface area contributed by atoms with Crippen LogP contribution >= 0.6 is 0 Å². The quantitative estimate of drug-likeness (QED) is 0.674. The number of hydrogen-bond donors (Lipinski definition) is 0. The maximum Gasteiger partial charge on any atom is 0.254 e. The third-order valence-electron chi connectivity index (χ3n) is 4.81. The zero-order chi connectivity index (χ0) is 22.1. The first kappa shape index (κ1) is 22.2. The van der Waals surface area contributed by atoms with Crippen molar-refractivity contribution in [1.82, 2.24) is 9.21 Å². The Morgan fingerprint density at radius 3 is 2.00 bits per heavy atom. The minimum Gasteiger partial charge on any atom is -0.494 e. The van der Waals surface area contributed by atoms with Gasteiger partial charge in [0.1, 0.15) is 0 Å². The van der Waals surface area contributed by atoms with E-state index >= 15 is 0 Å². The lowest BCUT2D eigenvalue weighted by Crippen LogP contribution is -2.50. The van der Waals surface area contributed by atoms with Crippen molar-refractivity contribution in [1.29, 1.82) is 0 Å². The van der Waals surface area contributed by atoms with Crippen molar-refractivity contribution in [2.24, 2.45) is 0 Å². The molecule has 0 unspecified atom stereocenters. The molecule has 8 nitrogen and oxygen atoms in total. The molecule has 0 atom stereocenters. The van der Waals surface area contributed by atoms with E-state index in [0.717, 1.165) is 12.3 Å². The molecule has 2 aromatic carbocycles. The minimum absolute atomic E-state index is 0.0214. The topological polar surface area (TPSA) is 101 Å². The first-order valence-corrected chi connectivity index (χ1v) is 12.3. The van der Waals surface area contributed by atoms with Gasteiger partial charge in [-0.05, 0) is 42.5 Å². The Hall–Kier alpha value is -2.50. The van der Waals surface area contributed by atoms with Crippen LogP contribution < -0.4 is 4.74 Å². The van der Waals surface area contributed by atoms with E-state index in [1.165, 1.54) is 52.7 Å². The van der Waals surface area contributed by atoms with Crippen LogP contribution in [0.4, 0.5) is 4.39 Å². The van der Waals surface area contributed by atoms with Gasteiger partial charge in [-0.15, -0.1) is 0 Å². The highest BCUT2D eigenvalue weighted by molar-refractivity contribution is 7.90. The fraction of sp³-hybridized carbons (Fsp3) is 0.316. The average Bonchev–Trinajstić information content (AvgIpc) is 2.72. The van der Waals surface area contributed by atoms with Crippen LogP contribution in [0, 0.1) is 5.82 Å². The van der Waals surface area contributed by atoms with E-state index < -0.39 is 31.6 Å². The van der Waals surface area contributed by atoms with Crippen molar-refractivity contribution in [3.8, 4) is 5.75 Å². The lowest BCUT2D eigenvalue weighted by atomic mass is 10.1. The van der Waals surface area contributed by atoms with Gasteiger partial charge < -0.3 is 9.64 Å². The molecule has 1 amide bonds. The summed E-state index contributed by atoms with van der Waals surface area (Å²) in [6, 6.07) is 8.92.